The molecule has 80 valence electrons. The molecule has 0 saturated heterocycles. The first-order valence-corrected chi connectivity index (χ1v) is 8.28. The summed E-state index contributed by atoms with van der Waals surface area (Å²) in [6.45, 7) is 15.3. The van der Waals surface area contributed by atoms with Crippen molar-refractivity contribution in [3.05, 3.63) is 0 Å². The van der Waals surface area contributed by atoms with Gasteiger partial charge in [-0.3, -0.25) is 9.34 Å². The van der Waals surface area contributed by atoms with E-state index in [0.29, 0.717) is 0 Å². The van der Waals surface area contributed by atoms with Crippen LogP contribution in [0.2, 0.25) is 0 Å². The summed E-state index contributed by atoms with van der Waals surface area (Å²) >= 11 is 5.75. The molecule has 4 heteroatoms. The Morgan fingerprint density at radius 3 is 1.23 bits per heavy atom. The summed E-state index contributed by atoms with van der Waals surface area (Å²) in [6, 6.07) is 0. The molecule has 0 bridgehead atoms. The van der Waals surface area contributed by atoms with E-state index in [2.05, 4.69) is 43.7 Å². The zero-order valence-electron chi connectivity index (χ0n) is 9.58. The second-order valence-electron chi connectivity index (χ2n) is 3.11. The summed E-state index contributed by atoms with van der Waals surface area (Å²) in [6.07, 6.45) is -1.41. The van der Waals surface area contributed by atoms with Gasteiger partial charge in [-0.2, -0.15) is 0 Å². The Bertz CT molecular complexity index is 160. The van der Waals surface area contributed by atoms with Gasteiger partial charge < -0.3 is 0 Å². The molecule has 2 nitrogen and oxygen atoms in total. The third-order valence-corrected chi connectivity index (χ3v) is 7.13. The SMILES string of the molecule is CCN(CC)P(C)(=S)N(CC)CC. The summed E-state index contributed by atoms with van der Waals surface area (Å²) in [5.41, 5.74) is 0. The third kappa shape index (κ3) is 3.32. The average Bonchev–Trinajstić information content (AvgIpc) is 2.07. The smallest absolute Gasteiger partial charge is 0.0745 e. The van der Waals surface area contributed by atoms with Gasteiger partial charge in [-0.25, -0.2) is 0 Å². The molecule has 0 aliphatic rings. The van der Waals surface area contributed by atoms with Gasteiger partial charge in [0, 0.05) is 26.2 Å². The van der Waals surface area contributed by atoms with E-state index in [9.17, 15) is 0 Å². The number of hydrogen-bond acceptors (Lipinski definition) is 1. The van der Waals surface area contributed by atoms with E-state index in [0.717, 1.165) is 26.2 Å². The fraction of sp³-hybridized carbons (Fsp3) is 1.00. The van der Waals surface area contributed by atoms with Crippen molar-refractivity contribution in [3.8, 4) is 0 Å². The third-order valence-electron chi connectivity index (χ3n) is 2.51. The molecule has 0 aromatic rings. The van der Waals surface area contributed by atoms with Crippen LogP contribution in [0.3, 0.4) is 0 Å². The van der Waals surface area contributed by atoms with Crippen molar-refractivity contribution in [2.45, 2.75) is 27.7 Å². The minimum atomic E-state index is -1.41. The molecule has 0 spiro atoms. The molecular formula is C9H23N2PS. The average molecular weight is 222 g/mol. The van der Waals surface area contributed by atoms with Gasteiger partial charge in [0.15, 0.2) is 0 Å². The zero-order valence-corrected chi connectivity index (χ0v) is 11.3. The molecule has 0 aliphatic heterocycles. The summed E-state index contributed by atoms with van der Waals surface area (Å²) in [4.78, 5) is 0. The molecule has 0 saturated carbocycles. The van der Waals surface area contributed by atoms with Crippen LogP contribution in [-0.2, 0) is 11.8 Å². The van der Waals surface area contributed by atoms with E-state index in [4.69, 9.17) is 11.8 Å². The lowest BCUT2D eigenvalue weighted by Crippen LogP contribution is -2.31. The first-order valence-electron chi connectivity index (χ1n) is 5.12. The second kappa shape index (κ2) is 6.13. The van der Waals surface area contributed by atoms with Crippen molar-refractivity contribution >= 4 is 18.1 Å². The van der Waals surface area contributed by atoms with Gasteiger partial charge in [0.2, 0.25) is 0 Å². The monoisotopic (exact) mass is 222 g/mol. The Kier molecular flexibility index (Phi) is 6.40. The molecule has 0 N–H and O–H groups in total. The quantitative estimate of drug-likeness (QED) is 0.638. The van der Waals surface area contributed by atoms with Crippen molar-refractivity contribution in [2.75, 3.05) is 32.8 Å². The molecular weight excluding hydrogens is 199 g/mol. The number of nitrogens with zero attached hydrogens (tertiary/aromatic N) is 2. The van der Waals surface area contributed by atoms with E-state index in [1.54, 1.807) is 0 Å². The molecule has 0 fully saturated rings. The molecule has 0 aromatic carbocycles. The van der Waals surface area contributed by atoms with E-state index >= 15 is 0 Å². The van der Waals surface area contributed by atoms with Crippen LogP contribution in [0.5, 0.6) is 0 Å². The highest BCUT2D eigenvalue weighted by atomic mass is 32.4. The Labute approximate surface area is 88.4 Å². The fourth-order valence-corrected chi connectivity index (χ4v) is 5.52. The number of rotatable bonds is 6. The van der Waals surface area contributed by atoms with Crippen LogP contribution < -0.4 is 0 Å². The van der Waals surface area contributed by atoms with Gasteiger partial charge >= 0.3 is 0 Å². The largest absolute Gasteiger partial charge is 0.264 e. The van der Waals surface area contributed by atoms with Crippen LogP contribution >= 0.6 is 6.34 Å². The van der Waals surface area contributed by atoms with Crippen LogP contribution in [0.15, 0.2) is 0 Å². The Morgan fingerprint density at radius 1 is 0.846 bits per heavy atom. The van der Waals surface area contributed by atoms with Crippen molar-refractivity contribution in [2.24, 2.45) is 0 Å². The van der Waals surface area contributed by atoms with Gasteiger partial charge in [0.1, 0.15) is 0 Å². The Balaban J connectivity index is 4.59. The normalized spacial score (nSPS) is 12.8. The van der Waals surface area contributed by atoms with Crippen molar-refractivity contribution in [3.63, 3.8) is 0 Å². The summed E-state index contributed by atoms with van der Waals surface area (Å²) in [5, 5.41) is 0. The minimum absolute atomic E-state index is 1.07. The van der Waals surface area contributed by atoms with Crippen LogP contribution in [0.25, 0.3) is 0 Å². The van der Waals surface area contributed by atoms with Crippen LogP contribution in [0.1, 0.15) is 27.7 Å². The molecule has 0 heterocycles. The summed E-state index contributed by atoms with van der Waals surface area (Å²) < 4.78 is 4.85. The second-order valence-corrected chi connectivity index (χ2v) is 7.99. The fourth-order valence-electron chi connectivity index (χ4n) is 1.68. The highest BCUT2D eigenvalue weighted by molar-refractivity contribution is 8.11. The highest BCUT2D eigenvalue weighted by Crippen LogP contribution is 2.49. The molecule has 0 aliphatic carbocycles. The topological polar surface area (TPSA) is 6.48 Å². The standard InChI is InChI=1S/C9H23N2PS/c1-6-10(7-2)12(5,13)11(8-3)9-4/h6-9H2,1-5H3. The highest BCUT2D eigenvalue weighted by Gasteiger charge is 2.22. The molecule has 0 amide bonds. The van der Waals surface area contributed by atoms with Crippen molar-refractivity contribution in [1.82, 2.24) is 9.34 Å². The molecule has 0 rings (SSSR count). The van der Waals surface area contributed by atoms with Gasteiger partial charge in [0.25, 0.3) is 0 Å². The lowest BCUT2D eigenvalue weighted by molar-refractivity contribution is 0.425. The zero-order chi connectivity index (χ0) is 10.5. The summed E-state index contributed by atoms with van der Waals surface area (Å²) in [7, 11) is 0. The van der Waals surface area contributed by atoms with E-state index in [1.807, 2.05) is 0 Å². The first kappa shape index (κ1) is 13.6. The van der Waals surface area contributed by atoms with E-state index in [-0.39, 0.29) is 0 Å². The predicted octanol–water partition coefficient (Wildman–Crippen LogP) is 2.61. The van der Waals surface area contributed by atoms with Gasteiger partial charge in [-0.1, -0.05) is 39.5 Å². The molecule has 0 unspecified atom stereocenters. The maximum atomic E-state index is 5.75. The Hall–Kier alpha value is 0.570. The first-order chi connectivity index (χ1) is 6.04. The lowest BCUT2D eigenvalue weighted by Gasteiger charge is -2.38. The lowest BCUT2D eigenvalue weighted by atomic mass is 10.7. The molecule has 13 heavy (non-hydrogen) atoms. The van der Waals surface area contributed by atoms with E-state index < -0.39 is 6.34 Å². The van der Waals surface area contributed by atoms with Gasteiger partial charge in [-0.15, -0.1) is 0 Å². The van der Waals surface area contributed by atoms with E-state index in [1.165, 1.54) is 0 Å². The van der Waals surface area contributed by atoms with Crippen LogP contribution in [0, 0.1) is 0 Å². The maximum absolute atomic E-state index is 5.75. The summed E-state index contributed by atoms with van der Waals surface area (Å²) in [5.74, 6) is 0. The van der Waals surface area contributed by atoms with Gasteiger partial charge in [0.05, 0.1) is 6.34 Å². The molecule has 0 radical (unpaired) electrons. The molecule has 0 atom stereocenters. The van der Waals surface area contributed by atoms with Crippen LogP contribution in [-0.4, -0.2) is 42.2 Å². The van der Waals surface area contributed by atoms with Crippen molar-refractivity contribution < 1.29 is 0 Å². The molecule has 0 aromatic heterocycles. The predicted molar refractivity (Wildman–Crippen MR) is 66.1 cm³/mol. The van der Waals surface area contributed by atoms with Crippen LogP contribution in [0.4, 0.5) is 0 Å². The van der Waals surface area contributed by atoms with Crippen molar-refractivity contribution in [1.29, 1.82) is 0 Å². The Morgan fingerprint density at radius 2 is 1.08 bits per heavy atom. The maximum Gasteiger partial charge on any atom is 0.0745 e. The van der Waals surface area contributed by atoms with Gasteiger partial charge in [-0.05, 0) is 6.66 Å². The minimum Gasteiger partial charge on any atom is -0.264 e. The number of hydrogen-bond donors (Lipinski definition) is 0.